The summed E-state index contributed by atoms with van der Waals surface area (Å²) in [5.74, 6) is 0.0203. The monoisotopic (exact) mass is 443 g/mol. The van der Waals surface area contributed by atoms with E-state index in [1.165, 1.54) is 6.20 Å². The molecule has 4 amide bonds. The van der Waals surface area contributed by atoms with Gasteiger partial charge in [-0.25, -0.2) is 9.78 Å². The van der Waals surface area contributed by atoms with Crippen LogP contribution in [0.4, 0.5) is 10.6 Å². The summed E-state index contributed by atoms with van der Waals surface area (Å²) in [6.45, 7) is 2.35. The van der Waals surface area contributed by atoms with Crippen molar-refractivity contribution in [1.82, 2.24) is 20.5 Å². The summed E-state index contributed by atoms with van der Waals surface area (Å²) in [6, 6.07) is 12.3. The number of nitrogens with one attached hydrogen (secondary N) is 3. The lowest BCUT2D eigenvalue weighted by molar-refractivity contribution is -0.122. The van der Waals surface area contributed by atoms with Crippen LogP contribution in [0.15, 0.2) is 48.7 Å². The van der Waals surface area contributed by atoms with Crippen LogP contribution < -0.4 is 16.0 Å². The van der Waals surface area contributed by atoms with Gasteiger partial charge in [0.15, 0.2) is 0 Å². The molecule has 0 radical (unpaired) electrons. The summed E-state index contributed by atoms with van der Waals surface area (Å²) < 4.78 is 0. The number of amides is 4. The number of likely N-dealkylation sites (tertiary alicyclic amines) is 1. The molecule has 0 unspecified atom stereocenters. The van der Waals surface area contributed by atoms with Crippen molar-refractivity contribution in [1.29, 1.82) is 0 Å². The molecule has 3 rings (SSSR count). The van der Waals surface area contributed by atoms with Gasteiger partial charge >= 0.3 is 6.03 Å². The molecule has 1 aliphatic rings. The predicted molar refractivity (Wildman–Crippen MR) is 118 cm³/mol. The minimum atomic E-state index is -0.500. The van der Waals surface area contributed by atoms with Crippen LogP contribution in [-0.4, -0.2) is 47.4 Å². The Bertz CT molecular complexity index is 884. The predicted octanol–water partition coefficient (Wildman–Crippen LogP) is 2.80. The van der Waals surface area contributed by atoms with E-state index in [4.69, 9.17) is 11.6 Å². The number of rotatable bonds is 7. The van der Waals surface area contributed by atoms with E-state index < -0.39 is 6.03 Å². The zero-order valence-electron chi connectivity index (χ0n) is 17.1. The maximum Gasteiger partial charge on any atom is 0.321 e. The van der Waals surface area contributed by atoms with E-state index in [0.717, 1.165) is 18.7 Å². The number of pyridine rings is 1. The molecule has 0 spiro atoms. The van der Waals surface area contributed by atoms with Crippen molar-refractivity contribution in [3.8, 4) is 0 Å². The van der Waals surface area contributed by atoms with Gasteiger partial charge in [0.1, 0.15) is 5.82 Å². The quantitative estimate of drug-likeness (QED) is 0.610. The van der Waals surface area contributed by atoms with Gasteiger partial charge in [0.05, 0.1) is 5.02 Å². The zero-order valence-corrected chi connectivity index (χ0v) is 17.9. The molecule has 1 aliphatic heterocycles. The number of hydrogen-bond acceptors (Lipinski definition) is 5. The molecule has 1 aromatic heterocycles. The molecule has 2 aromatic rings. The molecular formula is C22H26ClN5O3. The molecule has 1 aromatic carbocycles. The molecule has 0 saturated carbocycles. The van der Waals surface area contributed by atoms with Crippen molar-refractivity contribution in [2.24, 2.45) is 5.92 Å². The fraction of sp³-hybridized carbons (Fsp3) is 0.364. The van der Waals surface area contributed by atoms with Crippen LogP contribution in [0.1, 0.15) is 24.8 Å². The largest absolute Gasteiger partial charge is 0.334 e. The first kappa shape index (κ1) is 22.7. The number of nitrogens with zero attached hydrogens (tertiary/aromatic N) is 2. The Balaban J connectivity index is 1.31. The lowest BCUT2D eigenvalue weighted by Gasteiger charge is -2.30. The molecule has 0 atom stereocenters. The number of urea groups is 1. The highest BCUT2D eigenvalue weighted by Gasteiger charge is 2.25. The molecule has 0 aliphatic carbocycles. The second kappa shape index (κ2) is 11.4. The number of carbonyl (C=O) groups is 3. The van der Waals surface area contributed by atoms with E-state index in [0.29, 0.717) is 36.8 Å². The number of hydrogen-bond donors (Lipinski definition) is 3. The van der Waals surface area contributed by atoms with Gasteiger partial charge in [-0.15, -0.1) is 0 Å². The summed E-state index contributed by atoms with van der Waals surface area (Å²) in [7, 11) is 0. The fourth-order valence-corrected chi connectivity index (χ4v) is 3.48. The molecule has 8 nitrogen and oxygen atoms in total. The van der Waals surface area contributed by atoms with E-state index in [1.807, 2.05) is 30.3 Å². The summed E-state index contributed by atoms with van der Waals surface area (Å²) in [4.78, 5) is 42.5. The molecule has 3 N–H and O–H groups in total. The van der Waals surface area contributed by atoms with E-state index in [9.17, 15) is 14.4 Å². The van der Waals surface area contributed by atoms with Gasteiger partial charge in [0.2, 0.25) is 11.8 Å². The Morgan fingerprint density at radius 1 is 1.06 bits per heavy atom. The van der Waals surface area contributed by atoms with Gasteiger partial charge in [0.25, 0.3) is 0 Å². The highest BCUT2D eigenvalue weighted by molar-refractivity contribution is 6.30. The second-order valence-electron chi connectivity index (χ2n) is 7.43. The third-order valence-corrected chi connectivity index (χ3v) is 5.36. The van der Waals surface area contributed by atoms with Gasteiger partial charge in [-0.1, -0.05) is 41.9 Å². The number of imide groups is 1. The summed E-state index contributed by atoms with van der Waals surface area (Å²) in [5, 5.41) is 8.35. The van der Waals surface area contributed by atoms with Crippen LogP contribution in [0.3, 0.4) is 0 Å². The van der Waals surface area contributed by atoms with Crippen molar-refractivity contribution < 1.29 is 14.4 Å². The molecule has 2 heterocycles. The lowest BCUT2D eigenvalue weighted by Crippen LogP contribution is -2.42. The normalized spacial score (nSPS) is 14.6. The summed E-state index contributed by atoms with van der Waals surface area (Å²) in [6.07, 6.45) is 3.13. The average molecular weight is 444 g/mol. The smallest absolute Gasteiger partial charge is 0.321 e. The first-order chi connectivity index (χ1) is 15.0. The standard InChI is InChI=1S/C22H26ClN5O3/c23-18-6-7-19(24-15-18)26-21(30)17-8-11-28(12-9-17)13-10-20(29)27-22(31)25-14-16-4-2-1-3-5-16/h1-7,15,17H,8-14H2,(H,24,26,30)(H2,25,27,29,31). The Hall–Kier alpha value is -2.97. The van der Waals surface area contributed by atoms with Crippen molar-refractivity contribution in [2.45, 2.75) is 25.8 Å². The third-order valence-electron chi connectivity index (χ3n) is 5.14. The van der Waals surface area contributed by atoms with E-state index in [-0.39, 0.29) is 24.2 Å². The molecule has 9 heteroatoms. The average Bonchev–Trinajstić information content (AvgIpc) is 2.79. The number of carbonyl (C=O) groups excluding carboxylic acids is 3. The number of anilines is 1. The summed E-state index contributed by atoms with van der Waals surface area (Å²) >= 11 is 5.80. The number of aromatic nitrogens is 1. The van der Waals surface area contributed by atoms with Crippen LogP contribution in [0, 0.1) is 5.92 Å². The molecular weight excluding hydrogens is 418 g/mol. The molecule has 0 bridgehead atoms. The molecule has 1 saturated heterocycles. The Labute approximate surface area is 186 Å². The van der Waals surface area contributed by atoms with Gasteiger partial charge in [-0.05, 0) is 43.6 Å². The van der Waals surface area contributed by atoms with E-state index in [1.54, 1.807) is 12.1 Å². The summed E-state index contributed by atoms with van der Waals surface area (Å²) in [5.41, 5.74) is 0.962. The number of halogens is 1. The van der Waals surface area contributed by atoms with Gasteiger partial charge in [0, 0.05) is 31.6 Å². The Morgan fingerprint density at radius 2 is 1.81 bits per heavy atom. The first-order valence-corrected chi connectivity index (χ1v) is 10.6. The SMILES string of the molecule is O=C(CCN1CCC(C(=O)Nc2ccc(Cl)cn2)CC1)NC(=O)NCc1ccccc1. The fourth-order valence-electron chi connectivity index (χ4n) is 3.37. The molecule has 164 valence electrons. The number of benzene rings is 1. The maximum atomic E-state index is 12.4. The van der Waals surface area contributed by atoms with Crippen LogP contribution in [0.2, 0.25) is 5.02 Å². The van der Waals surface area contributed by atoms with Gasteiger partial charge in [-0.3, -0.25) is 14.9 Å². The van der Waals surface area contributed by atoms with Gasteiger partial charge < -0.3 is 15.5 Å². The van der Waals surface area contributed by atoms with Crippen LogP contribution in [0.5, 0.6) is 0 Å². The van der Waals surface area contributed by atoms with Crippen molar-refractivity contribution in [2.75, 3.05) is 25.0 Å². The second-order valence-corrected chi connectivity index (χ2v) is 7.87. The highest BCUT2D eigenvalue weighted by atomic mass is 35.5. The van der Waals surface area contributed by atoms with Crippen molar-refractivity contribution in [3.05, 3.63) is 59.2 Å². The van der Waals surface area contributed by atoms with Crippen LogP contribution >= 0.6 is 11.6 Å². The van der Waals surface area contributed by atoms with Crippen molar-refractivity contribution >= 4 is 35.3 Å². The van der Waals surface area contributed by atoms with Gasteiger partial charge in [-0.2, -0.15) is 0 Å². The van der Waals surface area contributed by atoms with E-state index >= 15 is 0 Å². The Kier molecular flexibility index (Phi) is 8.37. The van der Waals surface area contributed by atoms with Crippen LogP contribution in [-0.2, 0) is 16.1 Å². The highest BCUT2D eigenvalue weighted by Crippen LogP contribution is 2.19. The first-order valence-electron chi connectivity index (χ1n) is 10.3. The van der Waals surface area contributed by atoms with Crippen molar-refractivity contribution in [3.63, 3.8) is 0 Å². The maximum absolute atomic E-state index is 12.4. The molecule has 31 heavy (non-hydrogen) atoms. The molecule has 1 fully saturated rings. The number of piperidine rings is 1. The Morgan fingerprint density at radius 3 is 2.48 bits per heavy atom. The zero-order chi connectivity index (χ0) is 22.1. The minimum absolute atomic E-state index is 0.0534. The lowest BCUT2D eigenvalue weighted by atomic mass is 9.96. The van der Waals surface area contributed by atoms with E-state index in [2.05, 4.69) is 25.8 Å². The minimum Gasteiger partial charge on any atom is -0.334 e. The topological polar surface area (TPSA) is 103 Å². The third kappa shape index (κ3) is 7.66. The van der Waals surface area contributed by atoms with Crippen LogP contribution in [0.25, 0.3) is 0 Å².